The zero-order valence-electron chi connectivity index (χ0n) is 13.9. The first-order valence-corrected chi connectivity index (χ1v) is 11.4. The molecule has 1 aromatic rings. The van der Waals surface area contributed by atoms with Gasteiger partial charge in [-0.2, -0.15) is 0 Å². The number of rotatable bonds is 3. The van der Waals surface area contributed by atoms with Gasteiger partial charge >= 0.3 is 5.97 Å². The van der Waals surface area contributed by atoms with Gasteiger partial charge in [0.2, 0.25) is 0 Å². The summed E-state index contributed by atoms with van der Waals surface area (Å²) >= 11 is 0. The van der Waals surface area contributed by atoms with Crippen LogP contribution in [0.3, 0.4) is 0 Å². The van der Waals surface area contributed by atoms with Crippen molar-refractivity contribution in [2.75, 3.05) is 6.61 Å². The minimum atomic E-state index is -1.40. The maximum absolute atomic E-state index is 12.3. The molecule has 24 heavy (non-hydrogen) atoms. The number of pyridine rings is 1. The summed E-state index contributed by atoms with van der Waals surface area (Å²) in [6.07, 6.45) is 1.63. The van der Waals surface area contributed by atoms with Crippen LogP contribution in [-0.4, -0.2) is 30.3 Å². The fourth-order valence-corrected chi connectivity index (χ4v) is 7.09. The third-order valence-corrected chi connectivity index (χ3v) is 7.96. The third-order valence-electron chi connectivity index (χ3n) is 5.11. The summed E-state index contributed by atoms with van der Waals surface area (Å²) in [5.41, 5.74) is 0.917. The minimum Gasteiger partial charge on any atom is -0.508 e. The predicted molar refractivity (Wildman–Crippen MR) is 92.8 cm³/mol. The van der Waals surface area contributed by atoms with Gasteiger partial charge in [-0.15, -0.1) is 0 Å². The Kier molecular flexibility index (Phi) is 5.97. The van der Waals surface area contributed by atoms with Gasteiger partial charge in [0.25, 0.3) is 5.56 Å². The Bertz CT molecular complexity index is 697. The molecule has 1 aliphatic heterocycles. The maximum atomic E-state index is 12.3. The summed E-state index contributed by atoms with van der Waals surface area (Å²) in [7, 11) is -1.40. The number of nitrogens with zero attached hydrogens (tertiary/aromatic N) is 1. The maximum Gasteiger partial charge on any atom is 0.329 e. The first-order valence-electron chi connectivity index (χ1n) is 7.83. The number of ether oxygens (including phenoxy) is 1. The molecule has 1 aliphatic carbocycles. The molecule has 0 amide bonds. The molecule has 3 rings (SSSR count). The second-order valence-electron chi connectivity index (χ2n) is 7.56. The van der Waals surface area contributed by atoms with Gasteiger partial charge in [-0.05, 0) is 25.3 Å². The monoisotopic (exact) mass is 443 g/mol. The Morgan fingerprint density at radius 2 is 2.00 bits per heavy atom. The van der Waals surface area contributed by atoms with Gasteiger partial charge in [0, 0.05) is 51.7 Å². The first kappa shape index (κ1) is 21.1. The Labute approximate surface area is 158 Å². The molecule has 1 saturated carbocycles. The van der Waals surface area contributed by atoms with Gasteiger partial charge in [-0.25, -0.2) is 4.79 Å². The molecule has 0 saturated heterocycles. The summed E-state index contributed by atoms with van der Waals surface area (Å²) in [5, 5.41) is 9.84. The van der Waals surface area contributed by atoms with E-state index < -0.39 is 14.1 Å². The molecular formula is C17H27NO4PdSi. The SMILES string of the molecule is C.CCOC(=O)C1CC2(CC2[Si](C)(C)C)c2cc(O)cc(=O)n21.[Pd]. The Morgan fingerprint density at radius 3 is 2.50 bits per heavy atom. The van der Waals surface area contributed by atoms with Gasteiger partial charge in [0.1, 0.15) is 11.8 Å². The molecule has 2 heterocycles. The summed E-state index contributed by atoms with van der Waals surface area (Å²) in [5.74, 6) is -0.351. The molecule has 138 valence electrons. The zero-order valence-corrected chi connectivity index (χ0v) is 16.4. The fraction of sp³-hybridized carbons (Fsp3) is 0.647. The van der Waals surface area contributed by atoms with Crippen LogP contribution in [-0.2, 0) is 35.4 Å². The summed E-state index contributed by atoms with van der Waals surface area (Å²) < 4.78 is 6.71. The molecule has 1 spiro atoms. The number of carbonyl (C=O) groups excluding carboxylic acids is 1. The molecule has 0 radical (unpaired) electrons. The molecule has 1 N–H and O–H groups in total. The molecular weight excluding hydrogens is 417 g/mol. The number of carbonyl (C=O) groups is 1. The van der Waals surface area contributed by atoms with E-state index in [1.165, 1.54) is 6.07 Å². The minimum absolute atomic E-state index is 0. The van der Waals surface area contributed by atoms with E-state index in [1.807, 2.05) is 0 Å². The summed E-state index contributed by atoms with van der Waals surface area (Å²) in [6.45, 7) is 9.02. The van der Waals surface area contributed by atoms with Crippen LogP contribution in [0.15, 0.2) is 16.9 Å². The van der Waals surface area contributed by atoms with Gasteiger partial charge in [0.15, 0.2) is 0 Å². The van der Waals surface area contributed by atoms with E-state index in [0.717, 1.165) is 12.1 Å². The number of aromatic nitrogens is 1. The summed E-state index contributed by atoms with van der Waals surface area (Å²) in [4.78, 5) is 24.6. The van der Waals surface area contributed by atoms with Crippen molar-refractivity contribution in [3.05, 3.63) is 28.2 Å². The quantitative estimate of drug-likeness (QED) is 0.576. The average molecular weight is 444 g/mol. The van der Waals surface area contributed by atoms with Crippen LogP contribution in [0, 0.1) is 0 Å². The second kappa shape index (κ2) is 6.78. The molecule has 7 heteroatoms. The zero-order chi connectivity index (χ0) is 16.3. The van der Waals surface area contributed by atoms with Gasteiger partial charge in [-0.1, -0.05) is 27.1 Å². The van der Waals surface area contributed by atoms with Crippen LogP contribution in [0.2, 0.25) is 25.2 Å². The van der Waals surface area contributed by atoms with Crippen LogP contribution in [0.4, 0.5) is 0 Å². The molecule has 3 atom stereocenters. The average Bonchev–Trinajstić information content (AvgIpc) is 3.03. The topological polar surface area (TPSA) is 68.5 Å². The van der Waals surface area contributed by atoms with E-state index in [9.17, 15) is 14.7 Å². The second-order valence-corrected chi connectivity index (χ2v) is 13.0. The largest absolute Gasteiger partial charge is 0.508 e. The Morgan fingerprint density at radius 1 is 1.38 bits per heavy atom. The van der Waals surface area contributed by atoms with Crippen molar-refractivity contribution in [2.45, 2.75) is 63.8 Å². The molecule has 5 nitrogen and oxygen atoms in total. The number of aromatic hydroxyl groups is 1. The molecule has 1 aromatic heterocycles. The van der Waals surface area contributed by atoms with E-state index in [4.69, 9.17) is 4.74 Å². The van der Waals surface area contributed by atoms with Crippen molar-refractivity contribution in [2.24, 2.45) is 0 Å². The number of hydrogen-bond donors (Lipinski definition) is 1. The van der Waals surface area contributed by atoms with Crippen LogP contribution in [0.5, 0.6) is 5.75 Å². The van der Waals surface area contributed by atoms with E-state index in [2.05, 4.69) is 19.6 Å². The van der Waals surface area contributed by atoms with E-state index in [0.29, 0.717) is 18.6 Å². The summed E-state index contributed by atoms with van der Waals surface area (Å²) in [6, 6.07) is 2.30. The van der Waals surface area contributed by atoms with Crippen LogP contribution >= 0.6 is 0 Å². The Balaban J connectivity index is 0.00000144. The smallest absolute Gasteiger partial charge is 0.329 e. The van der Waals surface area contributed by atoms with Crippen LogP contribution in [0.1, 0.15) is 38.9 Å². The van der Waals surface area contributed by atoms with Crippen LogP contribution < -0.4 is 5.56 Å². The van der Waals surface area contributed by atoms with Gasteiger partial charge in [-0.3, -0.25) is 9.36 Å². The van der Waals surface area contributed by atoms with Crippen molar-refractivity contribution in [1.29, 1.82) is 0 Å². The van der Waals surface area contributed by atoms with Crippen molar-refractivity contribution >= 4 is 14.0 Å². The third kappa shape index (κ3) is 3.14. The van der Waals surface area contributed by atoms with Crippen molar-refractivity contribution in [1.82, 2.24) is 4.57 Å². The van der Waals surface area contributed by atoms with Gasteiger partial charge in [0.05, 0.1) is 6.61 Å². The molecule has 3 unspecified atom stereocenters. The van der Waals surface area contributed by atoms with Crippen molar-refractivity contribution in [3.8, 4) is 5.75 Å². The van der Waals surface area contributed by atoms with Crippen molar-refractivity contribution in [3.63, 3.8) is 0 Å². The van der Waals surface area contributed by atoms with E-state index in [-0.39, 0.29) is 50.5 Å². The van der Waals surface area contributed by atoms with Gasteiger partial charge < -0.3 is 9.84 Å². The molecule has 2 aliphatic rings. The Hall–Kier alpha value is -0.901. The molecule has 0 bridgehead atoms. The number of hydrogen-bond acceptors (Lipinski definition) is 4. The van der Waals surface area contributed by atoms with Crippen LogP contribution in [0.25, 0.3) is 0 Å². The molecule has 1 fully saturated rings. The first-order chi connectivity index (χ1) is 10.2. The van der Waals surface area contributed by atoms with Crippen molar-refractivity contribution < 1.29 is 35.1 Å². The predicted octanol–water partition coefficient (Wildman–Crippen LogP) is 3.05. The number of esters is 1. The normalized spacial score (nSPS) is 27.0. The standard InChI is InChI=1S/C16H23NO4Si.CH4.Pd/c1-5-21-15(20)11-8-16(9-13(16)22(2,3)4)12-6-10(18)7-14(19)17(11)12;;/h6-7,11,13,18H,5,8-9H2,1-4H3;1H4;. The van der Waals surface area contributed by atoms with E-state index >= 15 is 0 Å². The number of fused-ring (bicyclic) bond motifs is 2. The molecule has 0 aromatic carbocycles. The fourth-order valence-electron chi connectivity index (χ4n) is 4.19. The van der Waals surface area contributed by atoms with E-state index in [1.54, 1.807) is 17.6 Å².